The Morgan fingerprint density at radius 2 is 2.30 bits per heavy atom. The average Bonchev–Trinajstić information content (AvgIpc) is 2.74. The lowest BCUT2D eigenvalue weighted by atomic mass is 9.92. The molecular formula is C16H24BrNO2. The number of aliphatic hydroxyl groups is 1. The second-order valence-electron chi connectivity index (χ2n) is 6.43. The van der Waals surface area contributed by atoms with Crippen molar-refractivity contribution in [3.05, 3.63) is 28.7 Å². The van der Waals surface area contributed by atoms with Crippen molar-refractivity contribution in [2.24, 2.45) is 5.41 Å². The molecule has 0 bridgehead atoms. The number of ether oxygens (including phenoxy) is 1. The number of hydrogen-bond acceptors (Lipinski definition) is 3. The first-order chi connectivity index (χ1) is 9.44. The second kappa shape index (κ2) is 6.92. The molecule has 1 aliphatic carbocycles. The van der Waals surface area contributed by atoms with E-state index in [9.17, 15) is 5.11 Å². The van der Waals surface area contributed by atoms with Crippen LogP contribution < -0.4 is 10.1 Å². The lowest BCUT2D eigenvalue weighted by Gasteiger charge is -2.19. The summed E-state index contributed by atoms with van der Waals surface area (Å²) in [6, 6.07) is 8.20. The molecule has 2 rings (SSSR count). The molecule has 1 aromatic carbocycles. The van der Waals surface area contributed by atoms with Crippen molar-refractivity contribution in [3.63, 3.8) is 0 Å². The van der Waals surface area contributed by atoms with Crippen LogP contribution in [-0.4, -0.2) is 30.4 Å². The van der Waals surface area contributed by atoms with Crippen LogP contribution in [0, 0.1) is 5.41 Å². The first kappa shape index (κ1) is 15.8. The van der Waals surface area contributed by atoms with Crippen LogP contribution in [0.5, 0.6) is 5.75 Å². The van der Waals surface area contributed by atoms with Crippen LogP contribution in [0.2, 0.25) is 0 Å². The molecule has 0 aliphatic heterocycles. The fourth-order valence-electron chi connectivity index (χ4n) is 2.72. The third kappa shape index (κ3) is 5.08. The Balaban J connectivity index is 1.67. The van der Waals surface area contributed by atoms with Crippen molar-refractivity contribution in [3.8, 4) is 5.75 Å². The Labute approximate surface area is 129 Å². The molecule has 2 N–H and O–H groups in total. The van der Waals surface area contributed by atoms with Crippen LogP contribution in [0.1, 0.15) is 33.1 Å². The maximum atomic E-state index is 9.97. The molecule has 0 radical (unpaired) electrons. The van der Waals surface area contributed by atoms with Crippen LogP contribution in [-0.2, 0) is 0 Å². The van der Waals surface area contributed by atoms with Gasteiger partial charge in [-0.05, 0) is 42.9 Å². The van der Waals surface area contributed by atoms with Gasteiger partial charge in [0.05, 0.1) is 0 Å². The van der Waals surface area contributed by atoms with Crippen molar-refractivity contribution in [1.29, 1.82) is 0 Å². The average molecular weight is 342 g/mol. The van der Waals surface area contributed by atoms with Crippen molar-refractivity contribution >= 4 is 15.9 Å². The molecule has 0 saturated heterocycles. The van der Waals surface area contributed by atoms with Gasteiger partial charge in [-0.2, -0.15) is 0 Å². The minimum absolute atomic E-state index is 0.319. The Morgan fingerprint density at radius 3 is 2.95 bits per heavy atom. The third-order valence-electron chi connectivity index (χ3n) is 3.85. The summed E-state index contributed by atoms with van der Waals surface area (Å²) in [7, 11) is 0. The number of halogens is 1. The minimum Gasteiger partial charge on any atom is -0.491 e. The molecule has 1 saturated carbocycles. The van der Waals surface area contributed by atoms with E-state index in [1.807, 2.05) is 24.3 Å². The smallest absolute Gasteiger partial charge is 0.120 e. The quantitative estimate of drug-likeness (QED) is 0.833. The Kier molecular flexibility index (Phi) is 5.47. The van der Waals surface area contributed by atoms with E-state index in [-0.39, 0.29) is 0 Å². The van der Waals surface area contributed by atoms with Gasteiger partial charge in [0.25, 0.3) is 0 Å². The normalized spacial score (nSPS) is 22.7. The van der Waals surface area contributed by atoms with Crippen LogP contribution >= 0.6 is 15.9 Å². The molecule has 1 aromatic rings. The molecular weight excluding hydrogens is 318 g/mol. The van der Waals surface area contributed by atoms with Crippen molar-refractivity contribution in [2.75, 3.05) is 13.2 Å². The standard InChI is InChI=1S/C16H24BrNO2/c1-16(2)7-6-13(9-16)18-10-14(19)11-20-15-5-3-4-12(17)8-15/h3-5,8,13-14,18-19H,6-7,9-11H2,1-2H3. The summed E-state index contributed by atoms with van der Waals surface area (Å²) < 4.78 is 6.57. The van der Waals surface area contributed by atoms with E-state index in [2.05, 4.69) is 35.1 Å². The highest BCUT2D eigenvalue weighted by Gasteiger charge is 2.30. The monoisotopic (exact) mass is 341 g/mol. The summed E-state index contributed by atoms with van der Waals surface area (Å²) >= 11 is 3.40. The molecule has 0 spiro atoms. The van der Waals surface area contributed by atoms with Crippen LogP contribution in [0.15, 0.2) is 28.7 Å². The number of benzene rings is 1. The summed E-state index contributed by atoms with van der Waals surface area (Å²) in [6.07, 6.45) is 3.17. The van der Waals surface area contributed by atoms with E-state index in [1.54, 1.807) is 0 Å². The molecule has 2 atom stereocenters. The largest absolute Gasteiger partial charge is 0.491 e. The zero-order valence-corrected chi connectivity index (χ0v) is 13.8. The third-order valence-corrected chi connectivity index (χ3v) is 4.34. The first-order valence-corrected chi connectivity index (χ1v) is 8.04. The Morgan fingerprint density at radius 1 is 1.50 bits per heavy atom. The number of aliphatic hydroxyl groups excluding tert-OH is 1. The predicted molar refractivity (Wildman–Crippen MR) is 85.1 cm³/mol. The zero-order chi connectivity index (χ0) is 14.6. The summed E-state index contributed by atoms with van der Waals surface area (Å²) in [4.78, 5) is 0. The maximum absolute atomic E-state index is 9.97. The van der Waals surface area contributed by atoms with Crippen LogP contribution in [0.4, 0.5) is 0 Å². The molecule has 2 unspecified atom stereocenters. The summed E-state index contributed by atoms with van der Waals surface area (Å²) in [5.74, 6) is 0.778. The summed E-state index contributed by atoms with van der Waals surface area (Å²) in [5.41, 5.74) is 0.440. The first-order valence-electron chi connectivity index (χ1n) is 7.24. The van der Waals surface area contributed by atoms with Gasteiger partial charge in [0.2, 0.25) is 0 Å². The Hall–Kier alpha value is -0.580. The highest BCUT2D eigenvalue weighted by molar-refractivity contribution is 9.10. The van der Waals surface area contributed by atoms with E-state index in [1.165, 1.54) is 19.3 Å². The molecule has 3 nitrogen and oxygen atoms in total. The van der Waals surface area contributed by atoms with E-state index >= 15 is 0 Å². The number of hydrogen-bond donors (Lipinski definition) is 2. The summed E-state index contributed by atoms with van der Waals surface area (Å²) in [6.45, 7) is 5.53. The molecule has 0 aromatic heterocycles. The highest BCUT2D eigenvalue weighted by Crippen LogP contribution is 2.36. The lowest BCUT2D eigenvalue weighted by molar-refractivity contribution is 0.103. The predicted octanol–water partition coefficient (Wildman–Crippen LogP) is 3.36. The van der Waals surface area contributed by atoms with Crippen LogP contribution in [0.25, 0.3) is 0 Å². The van der Waals surface area contributed by atoms with Gasteiger partial charge in [-0.15, -0.1) is 0 Å². The summed E-state index contributed by atoms with van der Waals surface area (Å²) in [5, 5.41) is 13.4. The van der Waals surface area contributed by atoms with E-state index in [0.29, 0.717) is 24.6 Å². The fraction of sp³-hybridized carbons (Fsp3) is 0.625. The van der Waals surface area contributed by atoms with Crippen LogP contribution in [0.3, 0.4) is 0 Å². The van der Waals surface area contributed by atoms with Crippen molar-refractivity contribution in [1.82, 2.24) is 5.32 Å². The van der Waals surface area contributed by atoms with Crippen molar-refractivity contribution in [2.45, 2.75) is 45.3 Å². The van der Waals surface area contributed by atoms with Crippen molar-refractivity contribution < 1.29 is 9.84 Å². The van der Waals surface area contributed by atoms with Gasteiger partial charge >= 0.3 is 0 Å². The molecule has 0 heterocycles. The molecule has 0 amide bonds. The van der Waals surface area contributed by atoms with Gasteiger partial charge in [0.15, 0.2) is 0 Å². The van der Waals surface area contributed by atoms with Gasteiger partial charge in [-0.25, -0.2) is 0 Å². The maximum Gasteiger partial charge on any atom is 0.120 e. The fourth-order valence-corrected chi connectivity index (χ4v) is 3.10. The molecule has 20 heavy (non-hydrogen) atoms. The second-order valence-corrected chi connectivity index (χ2v) is 7.35. The molecule has 1 fully saturated rings. The SMILES string of the molecule is CC1(C)CCC(NCC(O)COc2cccc(Br)c2)C1. The Bertz CT molecular complexity index is 436. The van der Waals surface area contributed by atoms with E-state index < -0.39 is 6.10 Å². The van der Waals surface area contributed by atoms with Gasteiger partial charge in [-0.3, -0.25) is 0 Å². The highest BCUT2D eigenvalue weighted by atomic mass is 79.9. The zero-order valence-electron chi connectivity index (χ0n) is 12.2. The van der Waals surface area contributed by atoms with Gasteiger partial charge in [-0.1, -0.05) is 35.8 Å². The number of nitrogens with one attached hydrogen (secondary N) is 1. The van der Waals surface area contributed by atoms with Gasteiger partial charge in [0.1, 0.15) is 18.5 Å². The van der Waals surface area contributed by atoms with E-state index in [0.717, 1.165) is 10.2 Å². The molecule has 112 valence electrons. The molecule has 1 aliphatic rings. The van der Waals surface area contributed by atoms with Gasteiger partial charge in [0, 0.05) is 17.1 Å². The number of rotatable bonds is 6. The molecule has 4 heteroatoms. The van der Waals surface area contributed by atoms with Gasteiger partial charge < -0.3 is 15.2 Å². The topological polar surface area (TPSA) is 41.5 Å². The lowest BCUT2D eigenvalue weighted by Crippen LogP contribution is -2.37. The van der Waals surface area contributed by atoms with E-state index in [4.69, 9.17) is 4.74 Å². The minimum atomic E-state index is -0.474.